The largest absolute Gasteiger partial charge is 0.300 e. The molecule has 0 aromatic rings. The van der Waals surface area contributed by atoms with E-state index in [0.717, 1.165) is 32.1 Å². The molecule has 0 unspecified atom stereocenters. The van der Waals surface area contributed by atoms with Gasteiger partial charge in [-0.3, -0.25) is 4.79 Å². The molecule has 0 aromatic carbocycles. The second-order valence-electron chi connectivity index (χ2n) is 11.2. The van der Waals surface area contributed by atoms with E-state index in [2.05, 4.69) is 13.8 Å². The van der Waals surface area contributed by atoms with Gasteiger partial charge in [-0.05, 0) is 19.8 Å². The van der Waals surface area contributed by atoms with Gasteiger partial charge in [0.05, 0.1) is 0 Å². The highest BCUT2D eigenvalue weighted by atomic mass is 16.1. The van der Waals surface area contributed by atoms with Crippen molar-refractivity contribution in [2.75, 3.05) is 0 Å². The first-order chi connectivity index (χ1) is 17.6. The van der Waals surface area contributed by atoms with Crippen LogP contribution in [0.2, 0.25) is 0 Å². The number of ketones is 2. The lowest BCUT2D eigenvalue weighted by Gasteiger charge is -2.02. The van der Waals surface area contributed by atoms with Gasteiger partial charge in [0.1, 0.15) is 11.6 Å². The average Bonchev–Trinajstić information content (AvgIpc) is 2.87. The molecule has 0 aromatic heterocycles. The van der Waals surface area contributed by atoms with Crippen molar-refractivity contribution in [3.63, 3.8) is 0 Å². The predicted molar refractivity (Wildman–Crippen MR) is 162 cm³/mol. The van der Waals surface area contributed by atoms with Crippen LogP contribution < -0.4 is 0 Å². The molecule has 0 bridgehead atoms. The maximum absolute atomic E-state index is 11.1. The molecule has 0 aliphatic heterocycles. The zero-order chi connectivity index (χ0) is 27.0. The molecule has 36 heavy (non-hydrogen) atoms. The lowest BCUT2D eigenvalue weighted by atomic mass is 10.0. The van der Waals surface area contributed by atoms with Crippen molar-refractivity contribution in [3.8, 4) is 0 Å². The molecule has 0 aliphatic carbocycles. The summed E-state index contributed by atoms with van der Waals surface area (Å²) in [6.07, 6.45) is 36.5. The van der Waals surface area contributed by atoms with Crippen LogP contribution in [0, 0.1) is 0 Å². The highest BCUT2D eigenvalue weighted by molar-refractivity contribution is 5.77. The van der Waals surface area contributed by atoms with E-state index in [-0.39, 0.29) is 0 Å². The zero-order valence-electron chi connectivity index (χ0n) is 25.6. The van der Waals surface area contributed by atoms with Gasteiger partial charge in [-0.2, -0.15) is 0 Å². The second-order valence-corrected chi connectivity index (χ2v) is 11.2. The van der Waals surface area contributed by atoms with Crippen LogP contribution in [0.25, 0.3) is 0 Å². The van der Waals surface area contributed by atoms with Crippen LogP contribution in [0.5, 0.6) is 0 Å². The number of carbonyl (C=O) groups is 2. The van der Waals surface area contributed by atoms with Crippen molar-refractivity contribution in [2.45, 2.75) is 207 Å². The van der Waals surface area contributed by atoms with E-state index >= 15 is 0 Å². The van der Waals surface area contributed by atoms with E-state index in [1.807, 2.05) is 6.92 Å². The molecule has 0 N–H and O–H groups in total. The van der Waals surface area contributed by atoms with Gasteiger partial charge in [0, 0.05) is 19.3 Å². The molecule has 0 rings (SSSR count). The third-order valence-corrected chi connectivity index (χ3v) is 7.34. The summed E-state index contributed by atoms with van der Waals surface area (Å²) in [7, 11) is 0. The highest BCUT2D eigenvalue weighted by Gasteiger charge is 1.98. The maximum atomic E-state index is 11.1. The van der Waals surface area contributed by atoms with Gasteiger partial charge >= 0.3 is 0 Å². The molecule has 0 aliphatic rings. The fourth-order valence-electron chi connectivity index (χ4n) is 4.73. The van der Waals surface area contributed by atoms with Crippen molar-refractivity contribution in [3.05, 3.63) is 0 Å². The van der Waals surface area contributed by atoms with Crippen molar-refractivity contribution in [1.82, 2.24) is 0 Å². The summed E-state index contributed by atoms with van der Waals surface area (Å²) in [6.45, 7) is 8.20. The first-order valence-electron chi connectivity index (χ1n) is 16.6. The Kier molecular flexibility index (Phi) is 35.8. The van der Waals surface area contributed by atoms with Crippen LogP contribution in [-0.2, 0) is 9.59 Å². The Morgan fingerprint density at radius 2 is 0.611 bits per heavy atom. The minimum Gasteiger partial charge on any atom is -0.300 e. The minimum atomic E-state index is 0.345. The average molecular weight is 509 g/mol. The number of unbranched alkanes of at least 4 members (excludes halogenated alkanes) is 23. The van der Waals surface area contributed by atoms with Crippen LogP contribution in [0.4, 0.5) is 0 Å². The van der Waals surface area contributed by atoms with E-state index in [4.69, 9.17) is 0 Å². The lowest BCUT2D eigenvalue weighted by molar-refractivity contribution is -0.119. The Bertz CT molecular complexity index is 429. The fourth-order valence-corrected chi connectivity index (χ4v) is 4.73. The quantitative estimate of drug-likeness (QED) is 0.0984. The van der Waals surface area contributed by atoms with E-state index in [1.165, 1.54) is 148 Å². The summed E-state index contributed by atoms with van der Waals surface area (Å²) in [5.74, 6) is 0.778. The molecule has 0 radical (unpaired) electrons. The molecule has 0 saturated heterocycles. The summed E-state index contributed by atoms with van der Waals surface area (Å²) in [5.41, 5.74) is 0. The first-order valence-corrected chi connectivity index (χ1v) is 16.6. The summed E-state index contributed by atoms with van der Waals surface area (Å²) in [4.78, 5) is 21.8. The van der Waals surface area contributed by atoms with Gasteiger partial charge in [-0.15, -0.1) is 0 Å². The topological polar surface area (TPSA) is 34.1 Å². The van der Waals surface area contributed by atoms with Crippen molar-refractivity contribution in [2.24, 2.45) is 0 Å². The number of hydrogen-bond acceptors (Lipinski definition) is 2. The van der Waals surface area contributed by atoms with E-state index < -0.39 is 0 Å². The number of carbonyl (C=O) groups excluding carboxylic acids is 2. The van der Waals surface area contributed by atoms with E-state index in [9.17, 15) is 9.59 Å². The summed E-state index contributed by atoms with van der Waals surface area (Å²) < 4.78 is 0. The van der Waals surface area contributed by atoms with E-state index in [0.29, 0.717) is 11.6 Å². The molecule has 0 heterocycles. The number of hydrogen-bond donors (Lipinski definition) is 0. The monoisotopic (exact) mass is 509 g/mol. The van der Waals surface area contributed by atoms with Gasteiger partial charge < -0.3 is 4.79 Å². The smallest absolute Gasteiger partial charge is 0.132 e. The summed E-state index contributed by atoms with van der Waals surface area (Å²) in [5, 5.41) is 0. The molecular formula is C34H68O2. The predicted octanol–water partition coefficient (Wildman–Crippen LogP) is 12.1. The molecule has 0 fully saturated rings. The Balaban J connectivity index is 0. The maximum Gasteiger partial charge on any atom is 0.132 e. The zero-order valence-corrected chi connectivity index (χ0v) is 25.6. The van der Waals surface area contributed by atoms with Crippen molar-refractivity contribution >= 4 is 11.6 Å². The number of rotatable bonds is 28. The summed E-state index contributed by atoms with van der Waals surface area (Å²) >= 11 is 0. The Morgan fingerprint density at radius 1 is 0.361 bits per heavy atom. The third-order valence-electron chi connectivity index (χ3n) is 7.34. The first kappa shape index (κ1) is 37.5. The second kappa shape index (κ2) is 34.3. The summed E-state index contributed by atoms with van der Waals surface area (Å²) in [6, 6.07) is 0. The Labute approximate surface area is 228 Å². The fraction of sp³-hybridized carbons (Fsp3) is 0.941. The van der Waals surface area contributed by atoms with Crippen LogP contribution >= 0.6 is 0 Å². The molecule has 0 spiro atoms. The normalized spacial score (nSPS) is 10.8. The molecule has 0 atom stereocenters. The van der Waals surface area contributed by atoms with Crippen LogP contribution in [-0.4, -0.2) is 11.6 Å². The number of Topliss-reactive ketones (excluding diaryl/α,β-unsaturated/α-hetero) is 2. The molecule has 0 amide bonds. The molecule has 2 heteroatoms. The molecular weight excluding hydrogens is 440 g/mol. The Hall–Kier alpha value is -0.660. The SMILES string of the molecule is CCCCCCCCCCCCCCC(=O)CC.CCCCCCCCCCCCCCCC(C)=O. The minimum absolute atomic E-state index is 0.345. The van der Waals surface area contributed by atoms with Crippen LogP contribution in [0.1, 0.15) is 207 Å². The van der Waals surface area contributed by atoms with Gasteiger partial charge in [-0.25, -0.2) is 0 Å². The lowest BCUT2D eigenvalue weighted by Crippen LogP contribution is -1.94. The Morgan fingerprint density at radius 3 is 0.861 bits per heavy atom. The van der Waals surface area contributed by atoms with Gasteiger partial charge in [0.15, 0.2) is 0 Å². The van der Waals surface area contributed by atoms with E-state index in [1.54, 1.807) is 6.92 Å². The molecule has 2 nitrogen and oxygen atoms in total. The van der Waals surface area contributed by atoms with Gasteiger partial charge in [0.25, 0.3) is 0 Å². The van der Waals surface area contributed by atoms with Crippen LogP contribution in [0.15, 0.2) is 0 Å². The van der Waals surface area contributed by atoms with Crippen molar-refractivity contribution in [1.29, 1.82) is 0 Å². The highest BCUT2D eigenvalue weighted by Crippen LogP contribution is 2.14. The van der Waals surface area contributed by atoms with Crippen molar-refractivity contribution < 1.29 is 9.59 Å². The van der Waals surface area contributed by atoms with Gasteiger partial charge in [0.2, 0.25) is 0 Å². The standard InChI is InChI=1S/2C17H34O/c1-3-4-5-6-7-8-9-10-11-12-13-14-15-16-17(2)18;1-3-5-6-7-8-9-10-11-12-13-14-15-16-17(18)4-2/h2*3-16H2,1-2H3. The molecule has 0 saturated carbocycles. The third kappa shape index (κ3) is 37.9. The van der Waals surface area contributed by atoms with Gasteiger partial charge in [-0.1, -0.05) is 168 Å². The molecule has 216 valence electrons. The van der Waals surface area contributed by atoms with Crippen LogP contribution in [0.3, 0.4) is 0 Å².